The average molecular weight is 171 g/mol. The molecule has 2 heteroatoms. The summed E-state index contributed by atoms with van der Waals surface area (Å²) >= 11 is 0. The fraction of sp³-hybridized carbons (Fsp3) is 1.00. The Morgan fingerprint density at radius 1 is 1.42 bits per heavy atom. The Kier molecular flexibility index (Phi) is 4.02. The van der Waals surface area contributed by atoms with E-state index < -0.39 is 0 Å². The van der Waals surface area contributed by atoms with Crippen LogP contribution in [0.25, 0.3) is 0 Å². The van der Waals surface area contributed by atoms with Crippen LogP contribution in [-0.2, 0) is 0 Å². The number of hydrogen-bond acceptors (Lipinski definition) is 2. The summed E-state index contributed by atoms with van der Waals surface area (Å²) in [4.78, 5) is 0. The van der Waals surface area contributed by atoms with E-state index in [2.05, 4.69) is 19.2 Å². The smallest absolute Gasteiger partial charge is 0.0693 e. The highest BCUT2D eigenvalue weighted by atomic mass is 16.3. The van der Waals surface area contributed by atoms with Crippen molar-refractivity contribution in [3.05, 3.63) is 0 Å². The summed E-state index contributed by atoms with van der Waals surface area (Å²) in [6, 6.07) is 0.899. The lowest BCUT2D eigenvalue weighted by atomic mass is 9.92. The highest BCUT2D eigenvalue weighted by Crippen LogP contribution is 2.18. The fourth-order valence-electron chi connectivity index (χ4n) is 1.79. The van der Waals surface area contributed by atoms with Crippen LogP contribution in [0, 0.1) is 0 Å². The summed E-state index contributed by atoms with van der Waals surface area (Å²) in [5.41, 5.74) is 0. The second kappa shape index (κ2) is 4.83. The van der Waals surface area contributed by atoms with Crippen LogP contribution < -0.4 is 5.32 Å². The molecule has 12 heavy (non-hydrogen) atoms. The molecule has 1 fully saturated rings. The quantitative estimate of drug-likeness (QED) is 0.677. The molecule has 0 aromatic rings. The summed E-state index contributed by atoms with van der Waals surface area (Å²) in [5, 5.41) is 13.1. The average Bonchev–Trinajstić information content (AvgIpc) is 2.09. The molecule has 0 spiro atoms. The van der Waals surface area contributed by atoms with Crippen LogP contribution in [0.4, 0.5) is 0 Å². The van der Waals surface area contributed by atoms with Crippen LogP contribution in [0.1, 0.15) is 46.0 Å². The third-order valence-corrected chi connectivity index (χ3v) is 2.84. The summed E-state index contributed by atoms with van der Waals surface area (Å²) in [6.45, 7) is 4.36. The van der Waals surface area contributed by atoms with Crippen molar-refractivity contribution in [2.45, 2.75) is 64.1 Å². The molecule has 0 saturated heterocycles. The van der Waals surface area contributed by atoms with Gasteiger partial charge in [0.1, 0.15) is 0 Å². The molecule has 1 rings (SSSR count). The second-order valence-electron chi connectivity index (χ2n) is 3.93. The number of aliphatic hydroxyl groups excluding tert-OH is 1. The molecule has 3 unspecified atom stereocenters. The topological polar surface area (TPSA) is 32.3 Å². The Labute approximate surface area is 75.4 Å². The SMILES string of the molecule is CCC(C)NC1CCCCC1O. The minimum absolute atomic E-state index is 0.104. The van der Waals surface area contributed by atoms with Crippen molar-refractivity contribution in [1.29, 1.82) is 0 Å². The Balaban J connectivity index is 2.28. The maximum Gasteiger partial charge on any atom is 0.0693 e. The first-order valence-electron chi connectivity index (χ1n) is 5.18. The highest BCUT2D eigenvalue weighted by molar-refractivity contribution is 4.81. The van der Waals surface area contributed by atoms with E-state index in [1.807, 2.05) is 0 Å². The van der Waals surface area contributed by atoms with E-state index in [4.69, 9.17) is 0 Å². The number of rotatable bonds is 3. The van der Waals surface area contributed by atoms with Crippen molar-refractivity contribution < 1.29 is 5.11 Å². The van der Waals surface area contributed by atoms with Crippen molar-refractivity contribution in [3.8, 4) is 0 Å². The molecule has 0 heterocycles. The van der Waals surface area contributed by atoms with Gasteiger partial charge in [0.15, 0.2) is 0 Å². The molecular formula is C10H21NO. The minimum Gasteiger partial charge on any atom is -0.392 e. The standard InChI is InChI=1S/C10H21NO/c1-3-8(2)11-9-6-4-5-7-10(9)12/h8-12H,3-7H2,1-2H3. The third-order valence-electron chi connectivity index (χ3n) is 2.84. The Morgan fingerprint density at radius 2 is 2.08 bits per heavy atom. The first-order chi connectivity index (χ1) is 5.74. The molecule has 2 N–H and O–H groups in total. The van der Waals surface area contributed by atoms with Crippen LogP contribution in [-0.4, -0.2) is 23.3 Å². The van der Waals surface area contributed by atoms with Crippen molar-refractivity contribution in [2.75, 3.05) is 0 Å². The minimum atomic E-state index is -0.104. The first-order valence-corrected chi connectivity index (χ1v) is 5.18. The van der Waals surface area contributed by atoms with Gasteiger partial charge in [-0.15, -0.1) is 0 Å². The molecule has 0 aliphatic heterocycles. The van der Waals surface area contributed by atoms with Gasteiger partial charge in [-0.05, 0) is 26.2 Å². The van der Waals surface area contributed by atoms with E-state index in [1.54, 1.807) is 0 Å². The van der Waals surface area contributed by atoms with Crippen molar-refractivity contribution in [1.82, 2.24) is 5.32 Å². The van der Waals surface area contributed by atoms with E-state index in [9.17, 15) is 5.11 Å². The van der Waals surface area contributed by atoms with Gasteiger partial charge in [-0.25, -0.2) is 0 Å². The van der Waals surface area contributed by atoms with Crippen LogP contribution in [0.15, 0.2) is 0 Å². The lowest BCUT2D eigenvalue weighted by Crippen LogP contribution is -2.45. The predicted octanol–water partition coefficient (Wildman–Crippen LogP) is 1.68. The zero-order chi connectivity index (χ0) is 8.97. The molecule has 2 nitrogen and oxygen atoms in total. The first kappa shape index (κ1) is 10.0. The van der Waals surface area contributed by atoms with E-state index in [0.717, 1.165) is 19.3 Å². The molecular weight excluding hydrogens is 150 g/mol. The van der Waals surface area contributed by atoms with Gasteiger partial charge in [0.2, 0.25) is 0 Å². The molecule has 0 bridgehead atoms. The van der Waals surface area contributed by atoms with E-state index in [1.165, 1.54) is 12.8 Å². The van der Waals surface area contributed by atoms with Crippen LogP contribution >= 0.6 is 0 Å². The lowest BCUT2D eigenvalue weighted by molar-refractivity contribution is 0.0857. The molecule has 0 amide bonds. The number of nitrogens with one attached hydrogen (secondary N) is 1. The molecule has 0 aromatic carbocycles. The third kappa shape index (κ3) is 2.76. The molecule has 3 atom stereocenters. The van der Waals surface area contributed by atoms with Gasteiger partial charge in [0.25, 0.3) is 0 Å². The van der Waals surface area contributed by atoms with Crippen LogP contribution in [0.2, 0.25) is 0 Å². The fourth-order valence-corrected chi connectivity index (χ4v) is 1.79. The molecule has 0 aromatic heterocycles. The van der Waals surface area contributed by atoms with Crippen molar-refractivity contribution in [2.24, 2.45) is 0 Å². The molecule has 1 aliphatic rings. The zero-order valence-electron chi connectivity index (χ0n) is 8.21. The summed E-state index contributed by atoms with van der Waals surface area (Å²) in [5.74, 6) is 0. The number of aliphatic hydroxyl groups is 1. The van der Waals surface area contributed by atoms with Gasteiger partial charge in [0, 0.05) is 12.1 Å². The Morgan fingerprint density at radius 3 is 2.67 bits per heavy atom. The summed E-state index contributed by atoms with van der Waals surface area (Å²) < 4.78 is 0. The van der Waals surface area contributed by atoms with Crippen LogP contribution in [0.5, 0.6) is 0 Å². The van der Waals surface area contributed by atoms with E-state index in [0.29, 0.717) is 12.1 Å². The zero-order valence-corrected chi connectivity index (χ0v) is 8.21. The van der Waals surface area contributed by atoms with Gasteiger partial charge in [-0.3, -0.25) is 0 Å². The molecule has 1 saturated carbocycles. The van der Waals surface area contributed by atoms with Gasteiger partial charge >= 0.3 is 0 Å². The Hall–Kier alpha value is -0.0800. The lowest BCUT2D eigenvalue weighted by Gasteiger charge is -2.30. The van der Waals surface area contributed by atoms with Crippen molar-refractivity contribution in [3.63, 3.8) is 0 Å². The highest BCUT2D eigenvalue weighted by Gasteiger charge is 2.23. The van der Waals surface area contributed by atoms with Crippen molar-refractivity contribution >= 4 is 0 Å². The maximum absolute atomic E-state index is 9.65. The van der Waals surface area contributed by atoms with Gasteiger partial charge < -0.3 is 10.4 Å². The largest absolute Gasteiger partial charge is 0.392 e. The van der Waals surface area contributed by atoms with Gasteiger partial charge in [0.05, 0.1) is 6.10 Å². The second-order valence-corrected chi connectivity index (χ2v) is 3.93. The number of hydrogen-bond donors (Lipinski definition) is 2. The molecule has 0 radical (unpaired) electrons. The van der Waals surface area contributed by atoms with E-state index in [-0.39, 0.29) is 6.10 Å². The summed E-state index contributed by atoms with van der Waals surface area (Å²) in [7, 11) is 0. The van der Waals surface area contributed by atoms with Crippen LogP contribution in [0.3, 0.4) is 0 Å². The molecule has 1 aliphatic carbocycles. The normalized spacial score (nSPS) is 33.2. The van der Waals surface area contributed by atoms with Gasteiger partial charge in [-0.2, -0.15) is 0 Å². The monoisotopic (exact) mass is 171 g/mol. The van der Waals surface area contributed by atoms with E-state index >= 15 is 0 Å². The molecule has 72 valence electrons. The van der Waals surface area contributed by atoms with Gasteiger partial charge in [-0.1, -0.05) is 19.8 Å². The Bertz CT molecular complexity index is 127. The summed E-state index contributed by atoms with van der Waals surface area (Å²) in [6.07, 6.45) is 5.63. The maximum atomic E-state index is 9.65. The predicted molar refractivity (Wildman–Crippen MR) is 51.2 cm³/mol.